The van der Waals surface area contributed by atoms with E-state index < -0.39 is 11.2 Å². The molecule has 0 amide bonds. The number of piperidine rings is 1. The highest BCUT2D eigenvalue weighted by Gasteiger charge is 2.54. The number of benzene rings is 3. The minimum atomic E-state index is -1.06. The van der Waals surface area contributed by atoms with E-state index in [1.165, 1.54) is 30.6 Å². The van der Waals surface area contributed by atoms with Crippen LogP contribution in [0.2, 0.25) is 0 Å². The van der Waals surface area contributed by atoms with Crippen LogP contribution in [-0.4, -0.2) is 60.3 Å². The van der Waals surface area contributed by atoms with Gasteiger partial charge in [-0.3, -0.25) is 9.59 Å². The van der Waals surface area contributed by atoms with Gasteiger partial charge in [-0.25, -0.2) is 18.7 Å². The van der Waals surface area contributed by atoms with E-state index in [9.17, 15) is 14.0 Å². The SMILES string of the molecule is COc1cc2ncnc(Oc3ccc(CC(=O)C4(C(=O)Cc5ccc(F)cc5)CC4)cc3F)c2cc1OCC1CCN(C)CC1. The predicted molar refractivity (Wildman–Crippen MR) is 164 cm³/mol. The van der Waals surface area contributed by atoms with Crippen molar-refractivity contribution in [3.63, 3.8) is 0 Å². The fourth-order valence-corrected chi connectivity index (χ4v) is 5.82. The van der Waals surface area contributed by atoms with Gasteiger partial charge in [0.05, 0.1) is 30.0 Å². The second-order valence-corrected chi connectivity index (χ2v) is 12.0. The van der Waals surface area contributed by atoms with Crippen molar-refractivity contribution in [2.45, 2.75) is 38.5 Å². The van der Waals surface area contributed by atoms with Crippen molar-refractivity contribution < 1.29 is 32.6 Å². The molecule has 1 aliphatic heterocycles. The van der Waals surface area contributed by atoms with Crippen LogP contribution in [0.5, 0.6) is 23.1 Å². The van der Waals surface area contributed by atoms with Gasteiger partial charge in [-0.05, 0) is 93.2 Å². The first-order chi connectivity index (χ1) is 21.7. The highest BCUT2D eigenvalue weighted by atomic mass is 19.1. The van der Waals surface area contributed by atoms with Gasteiger partial charge in [0.1, 0.15) is 12.1 Å². The van der Waals surface area contributed by atoms with E-state index in [2.05, 4.69) is 21.9 Å². The summed E-state index contributed by atoms with van der Waals surface area (Å²) in [6.07, 6.45) is 4.34. The van der Waals surface area contributed by atoms with Crippen LogP contribution in [0.3, 0.4) is 0 Å². The van der Waals surface area contributed by atoms with Crippen molar-refractivity contribution >= 4 is 22.5 Å². The van der Waals surface area contributed by atoms with E-state index in [4.69, 9.17) is 14.2 Å². The normalized spacial score (nSPS) is 16.4. The third-order valence-corrected chi connectivity index (χ3v) is 8.86. The monoisotopic (exact) mass is 615 g/mol. The van der Waals surface area contributed by atoms with Gasteiger partial charge in [-0.2, -0.15) is 0 Å². The van der Waals surface area contributed by atoms with E-state index in [0.717, 1.165) is 25.9 Å². The molecule has 3 aromatic carbocycles. The van der Waals surface area contributed by atoms with Gasteiger partial charge in [-0.15, -0.1) is 0 Å². The molecule has 1 aliphatic carbocycles. The lowest BCUT2D eigenvalue weighted by atomic mass is 9.88. The number of rotatable bonds is 12. The van der Waals surface area contributed by atoms with Crippen LogP contribution in [0.15, 0.2) is 60.9 Å². The fourth-order valence-electron chi connectivity index (χ4n) is 5.82. The summed E-state index contributed by atoms with van der Waals surface area (Å²) in [6.45, 7) is 2.61. The third kappa shape index (κ3) is 6.81. The topological polar surface area (TPSA) is 90.9 Å². The van der Waals surface area contributed by atoms with Crippen molar-refractivity contribution in [1.29, 1.82) is 0 Å². The Morgan fingerprint density at radius 1 is 0.889 bits per heavy atom. The van der Waals surface area contributed by atoms with Gasteiger partial charge in [0.25, 0.3) is 0 Å². The summed E-state index contributed by atoms with van der Waals surface area (Å²) in [5.74, 6) is 0.0945. The highest BCUT2D eigenvalue weighted by molar-refractivity contribution is 6.10. The van der Waals surface area contributed by atoms with E-state index in [1.54, 1.807) is 37.4 Å². The van der Waals surface area contributed by atoms with Crippen molar-refractivity contribution in [2.75, 3.05) is 33.9 Å². The molecule has 1 saturated carbocycles. The summed E-state index contributed by atoms with van der Waals surface area (Å²) < 4.78 is 46.2. The van der Waals surface area contributed by atoms with Crippen LogP contribution in [-0.2, 0) is 22.4 Å². The average molecular weight is 616 g/mol. The molecule has 1 aromatic heterocycles. The fraction of sp³-hybridized carbons (Fsp3) is 0.371. The number of methoxy groups -OCH3 is 1. The summed E-state index contributed by atoms with van der Waals surface area (Å²) in [7, 11) is 3.68. The standard InChI is InChI=1S/C35H35F2N3O5/c1-40-13-9-23(10-14-40)20-44-31-18-26-28(19-30(31)43-2)38-21-39-34(26)45-29-8-5-24(15-27(29)37)17-33(42)35(11-12-35)32(41)16-22-3-6-25(36)7-4-22/h3-8,15,18-19,21,23H,9-14,16-17,20H2,1-2H3. The number of hydrogen-bond donors (Lipinski definition) is 0. The number of carbonyl (C=O) groups excluding carboxylic acids is 2. The number of aromatic nitrogens is 2. The molecule has 4 aromatic rings. The van der Waals surface area contributed by atoms with Gasteiger partial charge in [0, 0.05) is 18.9 Å². The molecular formula is C35H35F2N3O5. The van der Waals surface area contributed by atoms with Crippen LogP contribution in [0, 0.1) is 23.0 Å². The van der Waals surface area contributed by atoms with Gasteiger partial charge >= 0.3 is 0 Å². The highest BCUT2D eigenvalue weighted by Crippen LogP contribution is 2.49. The molecular weight excluding hydrogens is 580 g/mol. The minimum absolute atomic E-state index is 0.0524. The van der Waals surface area contributed by atoms with Crippen molar-refractivity contribution in [3.05, 3.63) is 83.7 Å². The van der Waals surface area contributed by atoms with E-state index in [-0.39, 0.29) is 41.9 Å². The number of nitrogens with zero attached hydrogens (tertiary/aromatic N) is 3. The number of hydrogen-bond acceptors (Lipinski definition) is 8. The average Bonchev–Trinajstić information content (AvgIpc) is 3.85. The summed E-state index contributed by atoms with van der Waals surface area (Å²) >= 11 is 0. The quantitative estimate of drug-likeness (QED) is 0.176. The van der Waals surface area contributed by atoms with Crippen LogP contribution in [0.25, 0.3) is 10.9 Å². The Labute approximate surface area is 260 Å². The van der Waals surface area contributed by atoms with E-state index in [1.807, 2.05) is 0 Å². The molecule has 6 rings (SSSR count). The molecule has 10 heteroatoms. The van der Waals surface area contributed by atoms with Gasteiger partial charge in [0.2, 0.25) is 5.88 Å². The molecule has 2 fully saturated rings. The number of ketones is 2. The largest absolute Gasteiger partial charge is 0.493 e. The smallest absolute Gasteiger partial charge is 0.230 e. The summed E-state index contributed by atoms with van der Waals surface area (Å²) in [6, 6.07) is 13.5. The Morgan fingerprint density at radius 3 is 2.24 bits per heavy atom. The van der Waals surface area contributed by atoms with Crippen molar-refractivity contribution in [1.82, 2.24) is 14.9 Å². The molecule has 2 heterocycles. The Morgan fingerprint density at radius 2 is 1.58 bits per heavy atom. The molecule has 45 heavy (non-hydrogen) atoms. The Bertz CT molecular complexity index is 1720. The second kappa shape index (κ2) is 12.9. The van der Waals surface area contributed by atoms with E-state index >= 15 is 4.39 Å². The molecule has 0 atom stereocenters. The lowest BCUT2D eigenvalue weighted by Crippen LogP contribution is -2.32. The summed E-state index contributed by atoms with van der Waals surface area (Å²) in [5.41, 5.74) is 0.576. The van der Waals surface area contributed by atoms with Gasteiger partial charge in [-0.1, -0.05) is 18.2 Å². The zero-order valence-electron chi connectivity index (χ0n) is 25.4. The maximum Gasteiger partial charge on any atom is 0.230 e. The van der Waals surface area contributed by atoms with Gasteiger partial charge in [0.15, 0.2) is 34.6 Å². The molecule has 0 spiro atoms. The molecule has 0 unspecified atom stereocenters. The molecule has 1 saturated heterocycles. The number of halogens is 2. The molecule has 8 nitrogen and oxygen atoms in total. The molecule has 0 bridgehead atoms. The van der Waals surface area contributed by atoms with Crippen molar-refractivity contribution in [3.8, 4) is 23.1 Å². The lowest BCUT2D eigenvalue weighted by Gasteiger charge is -2.28. The van der Waals surface area contributed by atoms with Crippen LogP contribution >= 0.6 is 0 Å². The summed E-state index contributed by atoms with van der Waals surface area (Å²) in [5, 5.41) is 0.533. The molecule has 0 N–H and O–H groups in total. The van der Waals surface area contributed by atoms with E-state index in [0.29, 0.717) is 58.9 Å². The maximum atomic E-state index is 15.3. The lowest BCUT2D eigenvalue weighted by molar-refractivity contribution is -0.133. The van der Waals surface area contributed by atoms with Crippen LogP contribution < -0.4 is 14.2 Å². The van der Waals surface area contributed by atoms with Crippen LogP contribution in [0.4, 0.5) is 8.78 Å². The number of Topliss-reactive ketones (excluding diaryl/α,β-unsaturated/α-hetero) is 2. The van der Waals surface area contributed by atoms with Crippen LogP contribution in [0.1, 0.15) is 36.8 Å². The second-order valence-electron chi connectivity index (χ2n) is 12.0. The summed E-state index contributed by atoms with van der Waals surface area (Å²) in [4.78, 5) is 37.1. The third-order valence-electron chi connectivity index (χ3n) is 8.86. The zero-order valence-corrected chi connectivity index (χ0v) is 25.4. The zero-order chi connectivity index (χ0) is 31.6. The Kier molecular flexibility index (Phi) is 8.76. The number of ether oxygens (including phenoxy) is 3. The number of carbonyl (C=O) groups is 2. The maximum absolute atomic E-state index is 15.3. The van der Waals surface area contributed by atoms with Crippen molar-refractivity contribution in [2.24, 2.45) is 11.3 Å². The number of fused-ring (bicyclic) bond motifs is 1. The number of likely N-dealkylation sites (tertiary alicyclic amines) is 1. The first-order valence-corrected chi connectivity index (χ1v) is 15.2. The Balaban J connectivity index is 1.15. The predicted octanol–water partition coefficient (Wildman–Crippen LogP) is 6.13. The molecule has 0 radical (unpaired) electrons. The first-order valence-electron chi connectivity index (χ1n) is 15.2. The molecule has 234 valence electrons. The minimum Gasteiger partial charge on any atom is -0.493 e. The Hall–Kier alpha value is -4.44. The first kappa shape index (κ1) is 30.6. The molecule has 2 aliphatic rings. The van der Waals surface area contributed by atoms with Gasteiger partial charge < -0.3 is 19.1 Å².